The lowest BCUT2D eigenvalue weighted by atomic mass is 9.97. The summed E-state index contributed by atoms with van der Waals surface area (Å²) in [5, 5.41) is 0. The highest BCUT2D eigenvalue weighted by Crippen LogP contribution is 2.33. The van der Waals surface area contributed by atoms with Gasteiger partial charge < -0.3 is 4.90 Å². The van der Waals surface area contributed by atoms with Crippen LogP contribution in [0.1, 0.15) is 25.3 Å². The molecule has 1 aliphatic rings. The Morgan fingerprint density at radius 3 is 2.50 bits per heavy atom. The molecule has 1 aliphatic heterocycles. The van der Waals surface area contributed by atoms with Crippen molar-refractivity contribution in [3.63, 3.8) is 0 Å². The number of hydrogen-bond donors (Lipinski definition) is 0. The second kappa shape index (κ2) is 5.87. The molecule has 2 aromatic carbocycles. The average molecular weight is 301 g/mol. The van der Waals surface area contributed by atoms with Gasteiger partial charge in [0.05, 0.1) is 5.69 Å². The van der Waals surface area contributed by atoms with E-state index >= 15 is 0 Å². The maximum absolute atomic E-state index is 14.5. The molecule has 0 aromatic heterocycles. The monoisotopic (exact) mass is 301 g/mol. The Hall–Kier alpha value is -2.23. The molecule has 4 heteroatoms. The van der Waals surface area contributed by atoms with Gasteiger partial charge in [0, 0.05) is 18.5 Å². The fraction of sp³-hybridized carbons (Fsp3) is 0.278. The highest BCUT2D eigenvalue weighted by Gasteiger charge is 2.27. The molecule has 0 unspecified atom stereocenters. The molecular formula is C18H17F2NO. The van der Waals surface area contributed by atoms with Crippen molar-refractivity contribution in [1.82, 2.24) is 0 Å². The molecule has 0 atom stereocenters. The van der Waals surface area contributed by atoms with Gasteiger partial charge in [0.25, 0.3) is 0 Å². The normalized spacial score (nSPS) is 14.7. The number of aryl methyl sites for hydroxylation is 1. The zero-order valence-electron chi connectivity index (χ0n) is 12.4. The van der Waals surface area contributed by atoms with E-state index in [0.29, 0.717) is 24.9 Å². The van der Waals surface area contributed by atoms with Gasteiger partial charge in [-0.2, -0.15) is 0 Å². The van der Waals surface area contributed by atoms with Gasteiger partial charge in [0.15, 0.2) is 11.6 Å². The minimum Gasteiger partial charge on any atom is -0.310 e. The molecule has 22 heavy (non-hydrogen) atoms. The van der Waals surface area contributed by atoms with E-state index in [1.54, 1.807) is 12.1 Å². The first-order valence-corrected chi connectivity index (χ1v) is 7.50. The fourth-order valence-electron chi connectivity index (χ4n) is 2.95. The average Bonchev–Trinajstić information content (AvgIpc) is 2.96. The van der Waals surface area contributed by atoms with E-state index in [9.17, 15) is 13.6 Å². The Balaban J connectivity index is 2.09. The van der Waals surface area contributed by atoms with Gasteiger partial charge in [-0.1, -0.05) is 31.2 Å². The second-order valence-electron chi connectivity index (χ2n) is 5.42. The molecule has 0 aliphatic carbocycles. The maximum Gasteiger partial charge on any atom is 0.227 e. The maximum atomic E-state index is 14.5. The topological polar surface area (TPSA) is 20.3 Å². The third kappa shape index (κ3) is 2.39. The van der Waals surface area contributed by atoms with Crippen LogP contribution in [0.25, 0.3) is 11.1 Å². The Labute approximate surface area is 128 Å². The number of amides is 1. The molecule has 1 fully saturated rings. The SMILES string of the molecule is CCc1ccccc1-c1ccc(N2CCCC2=O)c(F)c1F. The van der Waals surface area contributed by atoms with Crippen molar-refractivity contribution >= 4 is 11.6 Å². The highest BCUT2D eigenvalue weighted by atomic mass is 19.2. The predicted octanol–water partition coefficient (Wildman–Crippen LogP) is 4.32. The lowest BCUT2D eigenvalue weighted by molar-refractivity contribution is -0.117. The Morgan fingerprint density at radius 1 is 1.05 bits per heavy atom. The largest absolute Gasteiger partial charge is 0.310 e. The van der Waals surface area contributed by atoms with Crippen molar-refractivity contribution in [3.05, 3.63) is 53.6 Å². The van der Waals surface area contributed by atoms with Crippen molar-refractivity contribution in [2.45, 2.75) is 26.2 Å². The van der Waals surface area contributed by atoms with Crippen molar-refractivity contribution in [3.8, 4) is 11.1 Å². The number of hydrogen-bond acceptors (Lipinski definition) is 1. The summed E-state index contributed by atoms with van der Waals surface area (Å²) in [4.78, 5) is 13.1. The van der Waals surface area contributed by atoms with Gasteiger partial charge in [0.2, 0.25) is 5.91 Å². The summed E-state index contributed by atoms with van der Waals surface area (Å²) >= 11 is 0. The molecule has 3 rings (SSSR count). The number of nitrogens with zero attached hydrogens (tertiary/aromatic N) is 1. The second-order valence-corrected chi connectivity index (χ2v) is 5.42. The van der Waals surface area contributed by atoms with E-state index in [-0.39, 0.29) is 17.2 Å². The molecule has 0 bridgehead atoms. The summed E-state index contributed by atoms with van der Waals surface area (Å²) in [6, 6.07) is 10.5. The summed E-state index contributed by atoms with van der Waals surface area (Å²) in [6.07, 6.45) is 1.81. The number of benzene rings is 2. The van der Waals surface area contributed by atoms with Gasteiger partial charge in [-0.15, -0.1) is 0 Å². The van der Waals surface area contributed by atoms with Gasteiger partial charge in [0.1, 0.15) is 0 Å². The lowest BCUT2D eigenvalue weighted by Crippen LogP contribution is -2.25. The first-order chi connectivity index (χ1) is 10.6. The third-order valence-electron chi connectivity index (χ3n) is 4.11. The van der Waals surface area contributed by atoms with E-state index in [1.807, 2.05) is 25.1 Å². The van der Waals surface area contributed by atoms with Crippen LogP contribution < -0.4 is 4.90 Å². The molecule has 0 spiro atoms. The van der Waals surface area contributed by atoms with Crippen LogP contribution in [0.3, 0.4) is 0 Å². The first kappa shape index (κ1) is 14.7. The van der Waals surface area contributed by atoms with Crippen LogP contribution in [0.4, 0.5) is 14.5 Å². The number of carbonyl (C=O) groups is 1. The van der Waals surface area contributed by atoms with Crippen LogP contribution in [-0.2, 0) is 11.2 Å². The van der Waals surface area contributed by atoms with Crippen LogP contribution in [-0.4, -0.2) is 12.5 Å². The van der Waals surface area contributed by atoms with Crippen LogP contribution in [0.2, 0.25) is 0 Å². The Bertz CT molecular complexity index is 727. The molecule has 0 N–H and O–H groups in total. The van der Waals surface area contributed by atoms with Crippen molar-refractivity contribution < 1.29 is 13.6 Å². The van der Waals surface area contributed by atoms with E-state index in [4.69, 9.17) is 0 Å². The molecule has 1 heterocycles. The fourth-order valence-corrected chi connectivity index (χ4v) is 2.95. The van der Waals surface area contributed by atoms with Crippen molar-refractivity contribution in [2.24, 2.45) is 0 Å². The molecular weight excluding hydrogens is 284 g/mol. The third-order valence-corrected chi connectivity index (χ3v) is 4.11. The Morgan fingerprint density at radius 2 is 1.82 bits per heavy atom. The summed E-state index contributed by atoms with van der Waals surface area (Å²) in [5.74, 6) is -1.99. The zero-order chi connectivity index (χ0) is 15.7. The number of carbonyl (C=O) groups excluding carboxylic acids is 1. The van der Waals surface area contributed by atoms with Crippen LogP contribution in [0, 0.1) is 11.6 Å². The first-order valence-electron chi connectivity index (χ1n) is 7.50. The minimum absolute atomic E-state index is 0.0396. The van der Waals surface area contributed by atoms with Gasteiger partial charge in [-0.05, 0) is 36.1 Å². The van der Waals surface area contributed by atoms with Crippen LogP contribution in [0.15, 0.2) is 36.4 Å². The van der Waals surface area contributed by atoms with Gasteiger partial charge >= 0.3 is 0 Å². The molecule has 1 amide bonds. The quantitative estimate of drug-likeness (QED) is 0.826. The molecule has 2 nitrogen and oxygen atoms in total. The van der Waals surface area contributed by atoms with Gasteiger partial charge in [-0.3, -0.25) is 4.79 Å². The van der Waals surface area contributed by atoms with E-state index in [0.717, 1.165) is 12.0 Å². The molecule has 1 saturated heterocycles. The summed E-state index contributed by atoms with van der Waals surface area (Å²) in [5.41, 5.74) is 1.94. The summed E-state index contributed by atoms with van der Waals surface area (Å²) < 4.78 is 29.0. The lowest BCUT2D eigenvalue weighted by Gasteiger charge is -2.18. The number of halogens is 2. The van der Waals surface area contributed by atoms with Crippen LogP contribution >= 0.6 is 0 Å². The van der Waals surface area contributed by atoms with Crippen molar-refractivity contribution in [1.29, 1.82) is 0 Å². The summed E-state index contributed by atoms with van der Waals surface area (Å²) in [7, 11) is 0. The highest BCUT2D eigenvalue weighted by molar-refractivity contribution is 5.95. The molecule has 2 aromatic rings. The number of anilines is 1. The minimum atomic E-state index is -0.946. The standard InChI is InChI=1S/C18H17F2NO/c1-2-12-6-3-4-7-13(12)14-9-10-15(18(20)17(14)19)21-11-5-8-16(21)22/h3-4,6-7,9-10H,2,5,8,11H2,1H3. The van der Waals surface area contributed by atoms with E-state index in [2.05, 4.69) is 0 Å². The zero-order valence-corrected chi connectivity index (χ0v) is 12.4. The smallest absolute Gasteiger partial charge is 0.227 e. The summed E-state index contributed by atoms with van der Waals surface area (Å²) in [6.45, 7) is 2.42. The van der Waals surface area contributed by atoms with Gasteiger partial charge in [-0.25, -0.2) is 8.78 Å². The van der Waals surface area contributed by atoms with E-state index in [1.165, 1.54) is 11.0 Å². The molecule has 0 saturated carbocycles. The van der Waals surface area contributed by atoms with Crippen molar-refractivity contribution in [2.75, 3.05) is 11.4 Å². The molecule has 0 radical (unpaired) electrons. The predicted molar refractivity (Wildman–Crippen MR) is 82.8 cm³/mol. The van der Waals surface area contributed by atoms with E-state index < -0.39 is 11.6 Å². The van der Waals surface area contributed by atoms with Crippen LogP contribution in [0.5, 0.6) is 0 Å². The molecule has 114 valence electrons. The Kier molecular flexibility index (Phi) is 3.92. The number of rotatable bonds is 3.